The van der Waals surface area contributed by atoms with E-state index in [2.05, 4.69) is 43.3 Å². The zero-order chi connectivity index (χ0) is 21.1. The molecule has 2 aliphatic heterocycles. The first-order valence-corrected chi connectivity index (χ1v) is 11.9. The Kier molecular flexibility index (Phi) is 6.42. The molecule has 0 bridgehead atoms. The van der Waals surface area contributed by atoms with E-state index in [4.69, 9.17) is 18.9 Å². The van der Waals surface area contributed by atoms with Crippen LogP contribution in [-0.2, 0) is 32.2 Å². The first-order chi connectivity index (χ1) is 15.2. The first-order valence-electron chi connectivity index (χ1n) is 11.9. The molecule has 0 N–H and O–H groups in total. The smallest absolute Gasteiger partial charge is 0.115 e. The van der Waals surface area contributed by atoms with Gasteiger partial charge in [0, 0.05) is 6.42 Å². The Balaban J connectivity index is 1.35. The second-order valence-corrected chi connectivity index (χ2v) is 9.43. The van der Waals surface area contributed by atoms with E-state index in [1.54, 1.807) is 0 Å². The van der Waals surface area contributed by atoms with Gasteiger partial charge >= 0.3 is 0 Å². The predicted octanol–water partition coefficient (Wildman–Crippen LogP) is 5.44. The molecular weight excluding hydrogens is 388 g/mol. The van der Waals surface area contributed by atoms with Crippen LogP contribution >= 0.6 is 0 Å². The molecule has 2 saturated heterocycles. The highest BCUT2D eigenvalue weighted by molar-refractivity contribution is 5.15. The zero-order valence-corrected chi connectivity index (χ0v) is 18.5. The maximum atomic E-state index is 6.80. The highest BCUT2D eigenvalue weighted by Gasteiger charge is 2.56. The van der Waals surface area contributed by atoms with E-state index in [0.717, 1.165) is 24.8 Å². The average Bonchev–Trinajstić information content (AvgIpc) is 3.15. The van der Waals surface area contributed by atoms with E-state index in [1.807, 2.05) is 24.3 Å². The maximum absolute atomic E-state index is 6.80. The minimum atomic E-state index is -0.163. The molecule has 2 aromatic rings. The zero-order valence-electron chi connectivity index (χ0n) is 18.5. The molecule has 0 unspecified atom stereocenters. The highest BCUT2D eigenvalue weighted by Crippen LogP contribution is 2.47. The molecule has 1 spiro atoms. The third-order valence-electron chi connectivity index (χ3n) is 7.16. The van der Waals surface area contributed by atoms with Gasteiger partial charge in [0.2, 0.25) is 0 Å². The molecule has 0 aromatic heterocycles. The highest BCUT2D eigenvalue weighted by atomic mass is 16.6. The molecule has 3 aliphatic rings. The van der Waals surface area contributed by atoms with Crippen molar-refractivity contribution in [3.8, 4) is 0 Å². The van der Waals surface area contributed by atoms with Gasteiger partial charge in [-0.15, -0.1) is 0 Å². The third kappa shape index (κ3) is 4.73. The van der Waals surface area contributed by atoms with E-state index in [-0.39, 0.29) is 36.1 Å². The molecule has 1 aliphatic carbocycles. The molecule has 4 nitrogen and oxygen atoms in total. The van der Waals surface area contributed by atoms with E-state index in [9.17, 15) is 0 Å². The maximum Gasteiger partial charge on any atom is 0.115 e. The van der Waals surface area contributed by atoms with Crippen molar-refractivity contribution in [3.05, 3.63) is 71.8 Å². The third-order valence-corrected chi connectivity index (χ3v) is 7.16. The van der Waals surface area contributed by atoms with Crippen LogP contribution in [0, 0.1) is 0 Å². The standard InChI is InChI=1S/C27H34O4/c1-20-24(28-18-21-11-5-2-6-12-21)26(29-19-22-13-7-3-8-14-22)25-23(30-20)17-27(31-25)15-9-4-10-16-27/h2-3,5-8,11-14,20,23-26H,4,9-10,15-19H2,1H3/t20-,23-,24+,25+,26+/m0/s1. The fraction of sp³-hybridized carbons (Fsp3) is 0.556. The van der Waals surface area contributed by atoms with Gasteiger partial charge in [-0.3, -0.25) is 0 Å². The van der Waals surface area contributed by atoms with Gasteiger partial charge in [-0.05, 0) is 30.9 Å². The van der Waals surface area contributed by atoms with Crippen LogP contribution in [0.1, 0.15) is 56.6 Å². The molecular formula is C27H34O4. The lowest BCUT2D eigenvalue weighted by atomic mass is 9.81. The normalized spacial score (nSPS) is 32.1. The SMILES string of the molecule is C[C@@H]1O[C@H]2CC3(CCCCC3)O[C@H]2[C@H](OCc2ccccc2)[C@@H]1OCc1ccccc1. The van der Waals surface area contributed by atoms with E-state index in [1.165, 1.54) is 24.8 Å². The fourth-order valence-electron chi connectivity index (χ4n) is 5.58. The molecule has 5 rings (SSSR count). The monoisotopic (exact) mass is 422 g/mol. The van der Waals surface area contributed by atoms with Crippen LogP contribution in [0.4, 0.5) is 0 Å². The van der Waals surface area contributed by atoms with Crippen LogP contribution in [0.3, 0.4) is 0 Å². The largest absolute Gasteiger partial charge is 0.370 e. The molecule has 5 atom stereocenters. The molecule has 31 heavy (non-hydrogen) atoms. The Hall–Kier alpha value is -1.72. The van der Waals surface area contributed by atoms with Crippen LogP contribution in [0.15, 0.2) is 60.7 Å². The minimum Gasteiger partial charge on any atom is -0.370 e. The summed E-state index contributed by atoms with van der Waals surface area (Å²) in [7, 11) is 0. The lowest BCUT2D eigenvalue weighted by Gasteiger charge is -2.42. The second-order valence-electron chi connectivity index (χ2n) is 9.43. The van der Waals surface area contributed by atoms with Crippen LogP contribution < -0.4 is 0 Å². The van der Waals surface area contributed by atoms with Crippen LogP contribution in [-0.4, -0.2) is 36.1 Å². The van der Waals surface area contributed by atoms with Gasteiger partial charge in [0.15, 0.2) is 0 Å². The Bertz CT molecular complexity index is 818. The minimum absolute atomic E-state index is 0.0318. The van der Waals surface area contributed by atoms with Crippen molar-refractivity contribution in [2.45, 2.75) is 94.8 Å². The van der Waals surface area contributed by atoms with Gasteiger partial charge in [-0.2, -0.15) is 0 Å². The van der Waals surface area contributed by atoms with Gasteiger partial charge in [-0.1, -0.05) is 79.9 Å². The molecule has 0 radical (unpaired) electrons. The summed E-state index contributed by atoms with van der Waals surface area (Å²) in [5.74, 6) is 0. The van der Waals surface area contributed by atoms with Crippen molar-refractivity contribution in [2.24, 2.45) is 0 Å². The van der Waals surface area contributed by atoms with E-state index in [0.29, 0.717) is 13.2 Å². The molecule has 0 amide bonds. The Morgan fingerprint density at radius 1 is 0.806 bits per heavy atom. The van der Waals surface area contributed by atoms with Crippen LogP contribution in [0.25, 0.3) is 0 Å². The Labute approximate surface area is 185 Å². The number of hydrogen-bond donors (Lipinski definition) is 0. The molecule has 1 saturated carbocycles. The number of fused-ring (bicyclic) bond motifs is 1. The van der Waals surface area contributed by atoms with Gasteiger partial charge in [0.25, 0.3) is 0 Å². The molecule has 166 valence electrons. The summed E-state index contributed by atoms with van der Waals surface area (Å²) in [5, 5.41) is 0. The quantitative estimate of drug-likeness (QED) is 0.621. The number of hydrogen-bond acceptors (Lipinski definition) is 4. The Morgan fingerprint density at radius 3 is 2.00 bits per heavy atom. The lowest BCUT2D eigenvalue weighted by molar-refractivity contribution is -0.245. The van der Waals surface area contributed by atoms with Crippen LogP contribution in [0.5, 0.6) is 0 Å². The average molecular weight is 423 g/mol. The van der Waals surface area contributed by atoms with Crippen molar-refractivity contribution in [1.82, 2.24) is 0 Å². The van der Waals surface area contributed by atoms with Gasteiger partial charge in [0.05, 0.1) is 31.0 Å². The van der Waals surface area contributed by atoms with Gasteiger partial charge in [0.1, 0.15) is 18.3 Å². The molecule has 2 aromatic carbocycles. The second kappa shape index (κ2) is 9.41. The summed E-state index contributed by atoms with van der Waals surface area (Å²) in [6, 6.07) is 20.7. The summed E-state index contributed by atoms with van der Waals surface area (Å²) < 4.78 is 26.3. The van der Waals surface area contributed by atoms with Gasteiger partial charge in [-0.25, -0.2) is 0 Å². The summed E-state index contributed by atoms with van der Waals surface area (Å²) in [4.78, 5) is 0. The molecule has 3 fully saturated rings. The van der Waals surface area contributed by atoms with E-state index < -0.39 is 0 Å². The lowest BCUT2D eigenvalue weighted by Crippen LogP contribution is -2.57. The van der Waals surface area contributed by atoms with Crippen molar-refractivity contribution >= 4 is 0 Å². The summed E-state index contributed by atoms with van der Waals surface area (Å²) >= 11 is 0. The Morgan fingerprint density at radius 2 is 1.39 bits per heavy atom. The van der Waals surface area contributed by atoms with E-state index >= 15 is 0 Å². The molecule has 2 heterocycles. The van der Waals surface area contributed by atoms with Crippen molar-refractivity contribution in [2.75, 3.05) is 0 Å². The predicted molar refractivity (Wildman–Crippen MR) is 120 cm³/mol. The number of benzene rings is 2. The number of ether oxygens (including phenoxy) is 4. The van der Waals surface area contributed by atoms with Crippen molar-refractivity contribution in [3.63, 3.8) is 0 Å². The molecule has 4 heteroatoms. The summed E-state index contributed by atoms with van der Waals surface area (Å²) in [5.41, 5.74) is 2.30. The van der Waals surface area contributed by atoms with Crippen molar-refractivity contribution < 1.29 is 18.9 Å². The number of rotatable bonds is 6. The fourth-order valence-corrected chi connectivity index (χ4v) is 5.58. The first kappa shape index (κ1) is 21.1. The summed E-state index contributed by atoms with van der Waals surface area (Å²) in [6.07, 6.45) is 6.75. The van der Waals surface area contributed by atoms with Gasteiger partial charge < -0.3 is 18.9 Å². The van der Waals surface area contributed by atoms with Crippen molar-refractivity contribution in [1.29, 1.82) is 0 Å². The summed E-state index contributed by atoms with van der Waals surface area (Å²) in [6.45, 7) is 3.23. The topological polar surface area (TPSA) is 36.9 Å². The van der Waals surface area contributed by atoms with Crippen LogP contribution in [0.2, 0.25) is 0 Å².